The van der Waals surface area contributed by atoms with Gasteiger partial charge in [0.2, 0.25) is 0 Å². The molecule has 4 heteroatoms. The zero-order valence-corrected chi connectivity index (χ0v) is 12.2. The van der Waals surface area contributed by atoms with E-state index in [4.69, 9.17) is 14.5 Å². The van der Waals surface area contributed by atoms with E-state index in [0.29, 0.717) is 0 Å². The largest absolute Gasteiger partial charge is 0.496 e. The number of rotatable bonds is 3. The fourth-order valence-corrected chi connectivity index (χ4v) is 3.08. The summed E-state index contributed by atoms with van der Waals surface area (Å²) >= 11 is 0. The fourth-order valence-electron chi connectivity index (χ4n) is 3.08. The molecule has 106 valence electrons. The molecule has 0 unspecified atom stereocenters. The second-order valence-corrected chi connectivity index (χ2v) is 5.06. The van der Waals surface area contributed by atoms with Crippen molar-refractivity contribution < 1.29 is 9.47 Å². The summed E-state index contributed by atoms with van der Waals surface area (Å²) in [6.07, 6.45) is 4.55. The number of aromatic nitrogens is 1. The van der Waals surface area contributed by atoms with Crippen molar-refractivity contribution in [3.05, 3.63) is 23.4 Å². The molecule has 0 radical (unpaired) electrons. The third-order valence-electron chi connectivity index (χ3n) is 4.03. The van der Waals surface area contributed by atoms with Crippen molar-refractivity contribution in [1.82, 2.24) is 4.98 Å². The summed E-state index contributed by atoms with van der Waals surface area (Å²) in [5.74, 6) is 1.64. The average molecular weight is 272 g/mol. The van der Waals surface area contributed by atoms with E-state index in [0.717, 1.165) is 40.9 Å². The zero-order valence-electron chi connectivity index (χ0n) is 12.2. The minimum absolute atomic E-state index is 0.797. The molecule has 1 N–H and O–H groups in total. The lowest BCUT2D eigenvalue weighted by atomic mass is 9.92. The SMILES string of the molecule is CNc1c2c(nc3c(OC)ccc(OC)c13)CCCC2. The topological polar surface area (TPSA) is 43.4 Å². The Kier molecular flexibility index (Phi) is 3.38. The van der Waals surface area contributed by atoms with Crippen LogP contribution in [0.3, 0.4) is 0 Å². The van der Waals surface area contributed by atoms with Gasteiger partial charge in [0.15, 0.2) is 0 Å². The molecule has 0 saturated carbocycles. The van der Waals surface area contributed by atoms with E-state index in [1.165, 1.54) is 24.1 Å². The number of hydrogen-bond acceptors (Lipinski definition) is 4. The van der Waals surface area contributed by atoms with Crippen molar-refractivity contribution >= 4 is 16.6 Å². The Bertz CT molecular complexity index is 653. The average Bonchev–Trinajstić information content (AvgIpc) is 2.51. The minimum Gasteiger partial charge on any atom is -0.496 e. The van der Waals surface area contributed by atoms with Crippen LogP contribution in [-0.4, -0.2) is 26.3 Å². The van der Waals surface area contributed by atoms with Gasteiger partial charge in [-0.15, -0.1) is 0 Å². The molecule has 1 aliphatic carbocycles. The summed E-state index contributed by atoms with van der Waals surface area (Å²) in [4.78, 5) is 4.86. The number of aryl methyl sites for hydroxylation is 1. The van der Waals surface area contributed by atoms with Crippen LogP contribution in [0.15, 0.2) is 12.1 Å². The Balaban J connectivity index is 2.41. The first kappa shape index (κ1) is 13.0. The first-order valence-electron chi connectivity index (χ1n) is 7.04. The monoisotopic (exact) mass is 272 g/mol. The molecule has 3 rings (SSSR count). The van der Waals surface area contributed by atoms with E-state index in [1.54, 1.807) is 14.2 Å². The van der Waals surface area contributed by atoms with Crippen LogP contribution in [0.2, 0.25) is 0 Å². The van der Waals surface area contributed by atoms with Gasteiger partial charge in [-0.1, -0.05) is 0 Å². The molecule has 2 aromatic rings. The number of hydrogen-bond donors (Lipinski definition) is 1. The molecule has 0 spiro atoms. The predicted octanol–water partition coefficient (Wildman–Crippen LogP) is 3.17. The molecular formula is C16H20N2O2. The first-order valence-corrected chi connectivity index (χ1v) is 7.04. The normalized spacial score (nSPS) is 13.9. The molecule has 0 bridgehead atoms. The summed E-state index contributed by atoms with van der Waals surface area (Å²) < 4.78 is 11.0. The molecule has 0 amide bonds. The van der Waals surface area contributed by atoms with Crippen molar-refractivity contribution in [1.29, 1.82) is 0 Å². The number of nitrogens with zero attached hydrogens (tertiary/aromatic N) is 1. The van der Waals surface area contributed by atoms with Crippen molar-refractivity contribution in [2.45, 2.75) is 25.7 Å². The van der Waals surface area contributed by atoms with Crippen LogP contribution >= 0.6 is 0 Å². The second kappa shape index (κ2) is 5.19. The van der Waals surface area contributed by atoms with E-state index in [9.17, 15) is 0 Å². The molecule has 1 aromatic carbocycles. The number of pyridine rings is 1. The van der Waals surface area contributed by atoms with Crippen LogP contribution in [0, 0.1) is 0 Å². The molecule has 1 aromatic heterocycles. The summed E-state index contributed by atoms with van der Waals surface area (Å²) in [5, 5.41) is 4.37. The highest BCUT2D eigenvalue weighted by molar-refractivity contribution is 6.01. The minimum atomic E-state index is 0.797. The van der Waals surface area contributed by atoms with Crippen molar-refractivity contribution in [2.24, 2.45) is 0 Å². The van der Waals surface area contributed by atoms with Crippen LogP contribution in [0.25, 0.3) is 10.9 Å². The summed E-state index contributed by atoms with van der Waals surface area (Å²) in [7, 11) is 5.34. The van der Waals surface area contributed by atoms with E-state index in [1.807, 2.05) is 19.2 Å². The summed E-state index contributed by atoms with van der Waals surface area (Å²) in [6, 6.07) is 3.86. The van der Waals surface area contributed by atoms with E-state index in [2.05, 4.69) is 5.32 Å². The highest BCUT2D eigenvalue weighted by Crippen LogP contribution is 2.41. The van der Waals surface area contributed by atoms with Crippen LogP contribution in [0.1, 0.15) is 24.1 Å². The number of methoxy groups -OCH3 is 2. The van der Waals surface area contributed by atoms with E-state index >= 15 is 0 Å². The Morgan fingerprint density at radius 1 is 1.05 bits per heavy atom. The standard InChI is InChI=1S/C16H20N2O2/c1-17-15-10-6-4-5-7-11(10)18-16-13(20-3)9-8-12(19-2)14(15)16/h8-9H,4-7H2,1-3H3,(H,17,18). The lowest BCUT2D eigenvalue weighted by molar-refractivity contribution is 0.409. The number of ether oxygens (including phenoxy) is 2. The number of fused-ring (bicyclic) bond motifs is 2. The maximum atomic E-state index is 5.52. The van der Waals surface area contributed by atoms with Gasteiger partial charge < -0.3 is 14.8 Å². The van der Waals surface area contributed by atoms with E-state index in [-0.39, 0.29) is 0 Å². The Hall–Kier alpha value is -1.97. The molecule has 4 nitrogen and oxygen atoms in total. The van der Waals surface area contributed by atoms with Gasteiger partial charge in [0.1, 0.15) is 17.0 Å². The molecule has 1 heterocycles. The number of benzene rings is 1. The first-order chi connectivity index (χ1) is 9.80. The lowest BCUT2D eigenvalue weighted by Crippen LogP contribution is -2.10. The van der Waals surface area contributed by atoms with E-state index < -0.39 is 0 Å². The third kappa shape index (κ3) is 1.87. The third-order valence-corrected chi connectivity index (χ3v) is 4.03. The Morgan fingerprint density at radius 3 is 2.45 bits per heavy atom. The van der Waals surface area contributed by atoms with Gasteiger partial charge in [-0.25, -0.2) is 4.98 Å². The van der Waals surface area contributed by atoms with Crippen molar-refractivity contribution in [3.8, 4) is 11.5 Å². The van der Waals surface area contributed by atoms with Gasteiger partial charge in [0.25, 0.3) is 0 Å². The molecule has 20 heavy (non-hydrogen) atoms. The van der Waals surface area contributed by atoms with Crippen molar-refractivity contribution in [3.63, 3.8) is 0 Å². The van der Waals surface area contributed by atoms with Gasteiger partial charge in [-0.2, -0.15) is 0 Å². The van der Waals surface area contributed by atoms with Crippen LogP contribution in [-0.2, 0) is 12.8 Å². The molecular weight excluding hydrogens is 252 g/mol. The Morgan fingerprint density at radius 2 is 1.75 bits per heavy atom. The van der Waals surface area contributed by atoms with Crippen molar-refractivity contribution in [2.75, 3.05) is 26.6 Å². The van der Waals surface area contributed by atoms with Gasteiger partial charge in [-0.3, -0.25) is 0 Å². The zero-order chi connectivity index (χ0) is 14.1. The summed E-state index contributed by atoms with van der Waals surface area (Å²) in [6.45, 7) is 0. The van der Waals surface area contributed by atoms with Gasteiger partial charge in [0.05, 0.1) is 25.3 Å². The summed E-state index contributed by atoms with van der Waals surface area (Å²) in [5.41, 5.74) is 4.55. The second-order valence-electron chi connectivity index (χ2n) is 5.06. The van der Waals surface area contributed by atoms with Crippen LogP contribution in [0.4, 0.5) is 5.69 Å². The number of nitrogens with one attached hydrogen (secondary N) is 1. The molecule has 0 fully saturated rings. The lowest BCUT2D eigenvalue weighted by Gasteiger charge is -2.22. The Labute approximate surface area is 119 Å². The van der Waals surface area contributed by atoms with Gasteiger partial charge >= 0.3 is 0 Å². The maximum Gasteiger partial charge on any atom is 0.145 e. The maximum absolute atomic E-state index is 5.52. The molecule has 0 aliphatic heterocycles. The van der Waals surface area contributed by atoms with Gasteiger partial charge in [-0.05, 0) is 43.4 Å². The molecule has 0 saturated heterocycles. The molecule has 0 atom stereocenters. The smallest absolute Gasteiger partial charge is 0.145 e. The molecule has 1 aliphatic rings. The highest BCUT2D eigenvalue weighted by atomic mass is 16.5. The van der Waals surface area contributed by atoms with Crippen LogP contribution in [0.5, 0.6) is 11.5 Å². The van der Waals surface area contributed by atoms with Crippen LogP contribution < -0.4 is 14.8 Å². The van der Waals surface area contributed by atoms with Gasteiger partial charge in [0, 0.05) is 12.7 Å². The predicted molar refractivity (Wildman–Crippen MR) is 81.0 cm³/mol. The number of anilines is 1. The fraction of sp³-hybridized carbons (Fsp3) is 0.438. The highest BCUT2D eigenvalue weighted by Gasteiger charge is 2.21. The quantitative estimate of drug-likeness (QED) is 0.932.